The molecule has 0 radical (unpaired) electrons. The summed E-state index contributed by atoms with van der Waals surface area (Å²) in [5.41, 5.74) is 2.10. The van der Waals surface area contributed by atoms with E-state index in [4.69, 9.17) is 0 Å². The minimum atomic E-state index is -0.0556. The molecule has 0 atom stereocenters. The van der Waals surface area contributed by atoms with E-state index in [1.54, 1.807) is 6.07 Å². The first-order valence-electron chi connectivity index (χ1n) is 3.75. The molecule has 0 saturated carbocycles. The topological polar surface area (TPSA) is 0 Å². The van der Waals surface area contributed by atoms with Gasteiger partial charge >= 0.3 is 0 Å². The van der Waals surface area contributed by atoms with Crippen LogP contribution in [-0.4, -0.2) is 0 Å². The highest BCUT2D eigenvalue weighted by Gasteiger charge is 2.16. The van der Waals surface area contributed by atoms with Gasteiger partial charge in [0.1, 0.15) is 5.82 Å². The smallest absolute Gasteiger partial charge is 0.140 e. The fourth-order valence-corrected chi connectivity index (χ4v) is 1.96. The lowest BCUT2D eigenvalue weighted by Crippen LogP contribution is -1.88. The molecule has 1 aliphatic carbocycles. The zero-order valence-corrected chi connectivity index (χ0v) is 7.62. The summed E-state index contributed by atoms with van der Waals surface area (Å²) < 4.78 is 13.9. The molecule has 2 heteroatoms. The fourth-order valence-electron chi connectivity index (χ4n) is 1.59. The van der Waals surface area contributed by atoms with E-state index in [2.05, 4.69) is 15.9 Å². The second-order valence-corrected chi connectivity index (χ2v) is 3.71. The van der Waals surface area contributed by atoms with Gasteiger partial charge in [0.2, 0.25) is 0 Å². The Morgan fingerprint density at radius 3 is 2.91 bits per heavy atom. The lowest BCUT2D eigenvalue weighted by Gasteiger charge is -2.01. The molecule has 0 amide bonds. The molecule has 0 bridgehead atoms. The van der Waals surface area contributed by atoms with Gasteiger partial charge in [-0.25, -0.2) is 4.39 Å². The first-order valence-corrected chi connectivity index (χ1v) is 4.54. The van der Waals surface area contributed by atoms with Crippen LogP contribution in [0.4, 0.5) is 4.39 Å². The molecule has 1 aromatic carbocycles. The molecule has 1 aromatic rings. The summed E-state index contributed by atoms with van der Waals surface area (Å²) in [6.45, 7) is 0. The van der Waals surface area contributed by atoms with E-state index in [0.29, 0.717) is 4.47 Å². The summed E-state index contributed by atoms with van der Waals surface area (Å²) in [6, 6.07) is 3.80. The minimum absolute atomic E-state index is 0.0556. The zero-order valence-electron chi connectivity index (χ0n) is 6.03. The van der Waals surface area contributed by atoms with E-state index in [1.165, 1.54) is 5.56 Å². The van der Waals surface area contributed by atoms with Crippen LogP contribution in [0.15, 0.2) is 16.6 Å². The molecular formula is C9H8BrF. The summed E-state index contributed by atoms with van der Waals surface area (Å²) in [7, 11) is 0. The molecular weight excluding hydrogens is 207 g/mol. The number of aryl methyl sites for hydroxylation is 1. The first-order chi connectivity index (χ1) is 5.29. The second-order valence-electron chi connectivity index (χ2n) is 2.85. The third-order valence-electron chi connectivity index (χ3n) is 2.17. The molecule has 0 spiro atoms. The Hall–Kier alpha value is -0.370. The van der Waals surface area contributed by atoms with Gasteiger partial charge in [0.25, 0.3) is 0 Å². The summed E-state index contributed by atoms with van der Waals surface area (Å²) in [5.74, 6) is -0.0556. The van der Waals surface area contributed by atoms with E-state index in [0.717, 1.165) is 24.8 Å². The van der Waals surface area contributed by atoms with E-state index >= 15 is 0 Å². The molecule has 2 rings (SSSR count). The van der Waals surface area contributed by atoms with E-state index in [9.17, 15) is 4.39 Å². The van der Waals surface area contributed by atoms with Crippen molar-refractivity contribution in [3.8, 4) is 0 Å². The third-order valence-corrected chi connectivity index (χ3v) is 2.78. The van der Waals surface area contributed by atoms with Gasteiger partial charge in [0.15, 0.2) is 0 Å². The highest BCUT2D eigenvalue weighted by molar-refractivity contribution is 9.10. The van der Waals surface area contributed by atoms with Crippen molar-refractivity contribution >= 4 is 15.9 Å². The standard InChI is InChI=1S/C9H8BrF/c10-8-5-4-6-2-1-3-7(6)9(8)11/h4-5H,1-3H2. The third kappa shape index (κ3) is 1.09. The van der Waals surface area contributed by atoms with Gasteiger partial charge in [0, 0.05) is 0 Å². The Balaban J connectivity index is 2.62. The predicted molar refractivity (Wildman–Crippen MR) is 46.1 cm³/mol. The van der Waals surface area contributed by atoms with E-state index in [1.807, 2.05) is 6.07 Å². The van der Waals surface area contributed by atoms with Crippen LogP contribution >= 0.6 is 15.9 Å². The highest BCUT2D eigenvalue weighted by atomic mass is 79.9. The fraction of sp³-hybridized carbons (Fsp3) is 0.333. The van der Waals surface area contributed by atoms with Gasteiger partial charge in [0.05, 0.1) is 4.47 Å². The maximum absolute atomic E-state index is 13.3. The Morgan fingerprint density at radius 1 is 1.27 bits per heavy atom. The van der Waals surface area contributed by atoms with Crippen molar-refractivity contribution in [2.75, 3.05) is 0 Å². The van der Waals surface area contributed by atoms with Crippen LogP contribution in [-0.2, 0) is 12.8 Å². The van der Waals surface area contributed by atoms with Gasteiger partial charge in [-0.15, -0.1) is 0 Å². The van der Waals surface area contributed by atoms with Crippen molar-refractivity contribution in [1.29, 1.82) is 0 Å². The van der Waals surface area contributed by atoms with Crippen molar-refractivity contribution in [2.24, 2.45) is 0 Å². The molecule has 0 N–H and O–H groups in total. The van der Waals surface area contributed by atoms with Crippen LogP contribution in [0.25, 0.3) is 0 Å². The van der Waals surface area contributed by atoms with Gasteiger partial charge in [-0.2, -0.15) is 0 Å². The molecule has 11 heavy (non-hydrogen) atoms. The van der Waals surface area contributed by atoms with E-state index in [-0.39, 0.29) is 5.82 Å². The van der Waals surface area contributed by atoms with Crippen molar-refractivity contribution in [1.82, 2.24) is 0 Å². The number of benzene rings is 1. The average molecular weight is 215 g/mol. The molecule has 0 aliphatic heterocycles. The lowest BCUT2D eigenvalue weighted by molar-refractivity contribution is 0.606. The van der Waals surface area contributed by atoms with Crippen molar-refractivity contribution in [3.63, 3.8) is 0 Å². The number of hydrogen-bond donors (Lipinski definition) is 0. The number of fused-ring (bicyclic) bond motifs is 1. The Labute approximate surface area is 73.6 Å². The Kier molecular flexibility index (Phi) is 1.72. The Morgan fingerprint density at radius 2 is 2.09 bits per heavy atom. The summed E-state index contributed by atoms with van der Waals surface area (Å²) in [5, 5.41) is 0. The lowest BCUT2D eigenvalue weighted by atomic mass is 10.1. The van der Waals surface area contributed by atoms with Crippen molar-refractivity contribution < 1.29 is 4.39 Å². The monoisotopic (exact) mass is 214 g/mol. The first kappa shape index (κ1) is 7.29. The van der Waals surface area contributed by atoms with Crippen molar-refractivity contribution in [3.05, 3.63) is 33.5 Å². The van der Waals surface area contributed by atoms with Gasteiger partial charge in [-0.3, -0.25) is 0 Å². The van der Waals surface area contributed by atoms with Gasteiger partial charge in [-0.1, -0.05) is 6.07 Å². The highest BCUT2D eigenvalue weighted by Crippen LogP contribution is 2.28. The summed E-state index contributed by atoms with van der Waals surface area (Å²) in [6.07, 6.45) is 3.04. The van der Waals surface area contributed by atoms with Crippen LogP contribution in [0.3, 0.4) is 0 Å². The molecule has 0 fully saturated rings. The minimum Gasteiger partial charge on any atom is -0.205 e. The van der Waals surface area contributed by atoms with Crippen LogP contribution < -0.4 is 0 Å². The number of hydrogen-bond acceptors (Lipinski definition) is 0. The molecule has 0 heterocycles. The average Bonchev–Trinajstić information content (AvgIpc) is 2.45. The zero-order chi connectivity index (χ0) is 7.84. The molecule has 0 aromatic heterocycles. The summed E-state index contributed by atoms with van der Waals surface area (Å²) >= 11 is 3.17. The van der Waals surface area contributed by atoms with E-state index < -0.39 is 0 Å². The quantitative estimate of drug-likeness (QED) is 0.623. The second kappa shape index (κ2) is 2.59. The van der Waals surface area contributed by atoms with Crippen LogP contribution in [0.5, 0.6) is 0 Å². The van der Waals surface area contributed by atoms with Gasteiger partial charge < -0.3 is 0 Å². The van der Waals surface area contributed by atoms with Gasteiger partial charge in [-0.05, 0) is 52.4 Å². The maximum Gasteiger partial charge on any atom is 0.140 e. The molecule has 0 saturated heterocycles. The molecule has 0 unspecified atom stereocenters. The normalized spacial score (nSPS) is 15.1. The summed E-state index contributed by atoms with van der Waals surface area (Å²) in [4.78, 5) is 0. The predicted octanol–water partition coefficient (Wildman–Crippen LogP) is 3.08. The van der Waals surface area contributed by atoms with Crippen molar-refractivity contribution in [2.45, 2.75) is 19.3 Å². The molecule has 0 nitrogen and oxygen atoms in total. The van der Waals surface area contributed by atoms with Crippen LogP contribution in [0.1, 0.15) is 17.5 Å². The number of halogens is 2. The van der Waals surface area contributed by atoms with Crippen LogP contribution in [0, 0.1) is 5.82 Å². The molecule has 58 valence electrons. The maximum atomic E-state index is 13.3. The largest absolute Gasteiger partial charge is 0.205 e. The SMILES string of the molecule is Fc1c(Br)ccc2c1CCC2. The van der Waals surface area contributed by atoms with Crippen LogP contribution in [0.2, 0.25) is 0 Å². The Bertz CT molecular complexity index is 294. The molecule has 1 aliphatic rings. The number of rotatable bonds is 0.